The molecule has 190 valence electrons. The number of hydrogen-bond donors (Lipinski definition) is 1. The van der Waals surface area contributed by atoms with E-state index in [0.717, 1.165) is 58.5 Å². The number of sulfonamides is 1. The van der Waals surface area contributed by atoms with Crippen molar-refractivity contribution in [2.45, 2.75) is 72.0 Å². The molecule has 8 heteroatoms. The van der Waals surface area contributed by atoms with E-state index >= 15 is 0 Å². The van der Waals surface area contributed by atoms with Gasteiger partial charge in [0.2, 0.25) is 21.8 Å². The first kappa shape index (κ1) is 26.7. The average Bonchev–Trinajstić information content (AvgIpc) is 3.28. The second-order valence-electron chi connectivity index (χ2n) is 9.79. The van der Waals surface area contributed by atoms with Crippen LogP contribution in [0, 0.1) is 20.8 Å². The Morgan fingerprint density at radius 1 is 0.971 bits per heavy atom. The van der Waals surface area contributed by atoms with Crippen LogP contribution in [0.15, 0.2) is 42.5 Å². The van der Waals surface area contributed by atoms with Gasteiger partial charge in [0.25, 0.3) is 0 Å². The van der Waals surface area contributed by atoms with Crippen molar-refractivity contribution in [3.05, 3.63) is 64.7 Å². The summed E-state index contributed by atoms with van der Waals surface area (Å²) in [5, 5.41) is 3.07. The van der Waals surface area contributed by atoms with E-state index in [2.05, 4.69) is 5.32 Å². The lowest BCUT2D eigenvalue weighted by Crippen LogP contribution is -2.52. The van der Waals surface area contributed by atoms with Gasteiger partial charge in [-0.3, -0.25) is 13.9 Å². The third-order valence-electron chi connectivity index (χ3n) is 6.52. The Balaban J connectivity index is 1.89. The molecule has 1 atom stereocenters. The predicted molar refractivity (Wildman–Crippen MR) is 140 cm³/mol. The Morgan fingerprint density at radius 3 is 2.09 bits per heavy atom. The molecule has 35 heavy (non-hydrogen) atoms. The average molecular weight is 500 g/mol. The van der Waals surface area contributed by atoms with Crippen molar-refractivity contribution >= 4 is 27.5 Å². The maximum absolute atomic E-state index is 13.6. The van der Waals surface area contributed by atoms with Crippen molar-refractivity contribution in [2.24, 2.45) is 0 Å². The van der Waals surface area contributed by atoms with Gasteiger partial charge >= 0.3 is 0 Å². The van der Waals surface area contributed by atoms with Crippen LogP contribution < -0.4 is 9.62 Å². The van der Waals surface area contributed by atoms with Crippen LogP contribution in [0.3, 0.4) is 0 Å². The van der Waals surface area contributed by atoms with Crippen LogP contribution in [0.4, 0.5) is 5.69 Å². The fourth-order valence-corrected chi connectivity index (χ4v) is 5.41. The van der Waals surface area contributed by atoms with Crippen molar-refractivity contribution in [1.29, 1.82) is 0 Å². The number of nitrogens with one attached hydrogen (secondary N) is 1. The quantitative estimate of drug-likeness (QED) is 0.568. The highest BCUT2D eigenvalue weighted by Crippen LogP contribution is 2.23. The summed E-state index contributed by atoms with van der Waals surface area (Å²) in [4.78, 5) is 28.2. The molecule has 7 nitrogen and oxygen atoms in total. The van der Waals surface area contributed by atoms with E-state index in [4.69, 9.17) is 0 Å². The summed E-state index contributed by atoms with van der Waals surface area (Å²) in [5.41, 5.74) is 4.22. The number of nitrogens with zero attached hydrogens (tertiary/aromatic N) is 2. The minimum atomic E-state index is -3.74. The van der Waals surface area contributed by atoms with E-state index in [-0.39, 0.29) is 25.0 Å². The third-order valence-corrected chi connectivity index (χ3v) is 7.66. The minimum Gasteiger partial charge on any atom is -0.352 e. The number of carbonyl (C=O) groups excluding carboxylic acids is 2. The summed E-state index contributed by atoms with van der Waals surface area (Å²) in [6, 6.07) is 12.6. The molecule has 0 saturated heterocycles. The standard InChI is InChI=1S/C27H37N3O4S/c1-19-10-12-23(13-11-19)17-29(22(4)27(32)28-24-8-6-7-9-24)26(31)18-30(35(5,33)34)25-15-20(2)14-21(3)16-25/h10-16,22,24H,6-9,17-18H2,1-5H3,(H,28,32)/t22-/m1/s1. The van der Waals surface area contributed by atoms with Crippen molar-refractivity contribution < 1.29 is 18.0 Å². The summed E-state index contributed by atoms with van der Waals surface area (Å²) >= 11 is 0. The molecule has 1 aliphatic carbocycles. The Morgan fingerprint density at radius 2 is 1.54 bits per heavy atom. The Hall–Kier alpha value is -2.87. The molecular formula is C27H37N3O4S. The highest BCUT2D eigenvalue weighted by atomic mass is 32.2. The van der Waals surface area contributed by atoms with E-state index in [9.17, 15) is 18.0 Å². The molecule has 2 amide bonds. The smallest absolute Gasteiger partial charge is 0.244 e. The fourth-order valence-electron chi connectivity index (χ4n) is 4.57. The highest BCUT2D eigenvalue weighted by molar-refractivity contribution is 7.92. The predicted octanol–water partition coefficient (Wildman–Crippen LogP) is 3.85. The summed E-state index contributed by atoms with van der Waals surface area (Å²) in [5.74, 6) is -0.640. The molecule has 0 aromatic heterocycles. The number of hydrogen-bond acceptors (Lipinski definition) is 4. The van der Waals surface area contributed by atoms with E-state index < -0.39 is 22.0 Å². The lowest BCUT2D eigenvalue weighted by molar-refractivity contribution is -0.139. The fraction of sp³-hybridized carbons (Fsp3) is 0.481. The largest absolute Gasteiger partial charge is 0.352 e. The molecule has 2 aromatic rings. The highest BCUT2D eigenvalue weighted by Gasteiger charge is 2.31. The lowest BCUT2D eigenvalue weighted by atomic mass is 10.1. The van der Waals surface area contributed by atoms with Crippen molar-refractivity contribution in [3.8, 4) is 0 Å². The minimum absolute atomic E-state index is 0.129. The number of rotatable bonds is 9. The summed E-state index contributed by atoms with van der Waals surface area (Å²) in [6.07, 6.45) is 5.16. The van der Waals surface area contributed by atoms with Crippen LogP contribution in [0.1, 0.15) is 54.9 Å². The Kier molecular flexibility index (Phi) is 8.59. The monoisotopic (exact) mass is 499 g/mol. The zero-order valence-electron chi connectivity index (χ0n) is 21.4. The normalized spacial score (nSPS) is 15.0. The van der Waals surface area contributed by atoms with Crippen molar-refractivity contribution in [2.75, 3.05) is 17.1 Å². The molecule has 3 rings (SSSR count). The molecule has 0 radical (unpaired) electrons. The molecule has 2 aromatic carbocycles. The van der Waals surface area contributed by atoms with Crippen LogP contribution in [0.5, 0.6) is 0 Å². The number of carbonyl (C=O) groups is 2. The number of amides is 2. The van der Waals surface area contributed by atoms with Crippen LogP contribution in [0.25, 0.3) is 0 Å². The van der Waals surface area contributed by atoms with Crippen LogP contribution in [-0.2, 0) is 26.2 Å². The van der Waals surface area contributed by atoms with Gasteiger partial charge in [0.15, 0.2) is 0 Å². The van der Waals surface area contributed by atoms with Gasteiger partial charge in [0.05, 0.1) is 11.9 Å². The van der Waals surface area contributed by atoms with Crippen LogP contribution >= 0.6 is 0 Å². The third kappa shape index (κ3) is 7.31. The molecule has 1 aliphatic rings. The number of aryl methyl sites for hydroxylation is 3. The van der Waals surface area contributed by atoms with Crippen LogP contribution in [0.2, 0.25) is 0 Å². The van der Waals surface area contributed by atoms with E-state index in [0.29, 0.717) is 5.69 Å². The lowest BCUT2D eigenvalue weighted by Gasteiger charge is -2.32. The first-order chi connectivity index (χ1) is 16.4. The van der Waals surface area contributed by atoms with Gasteiger partial charge in [0.1, 0.15) is 12.6 Å². The second kappa shape index (κ2) is 11.2. The van der Waals surface area contributed by atoms with Gasteiger partial charge in [-0.15, -0.1) is 0 Å². The molecule has 0 aliphatic heterocycles. The van der Waals surface area contributed by atoms with Gasteiger partial charge in [-0.05, 0) is 69.4 Å². The zero-order valence-corrected chi connectivity index (χ0v) is 22.2. The summed E-state index contributed by atoms with van der Waals surface area (Å²) < 4.78 is 26.6. The van der Waals surface area contributed by atoms with E-state index in [1.807, 2.05) is 51.1 Å². The second-order valence-corrected chi connectivity index (χ2v) is 11.7. The Bertz CT molecular complexity index is 1140. The van der Waals surface area contributed by atoms with Crippen molar-refractivity contribution in [1.82, 2.24) is 10.2 Å². The maximum atomic E-state index is 13.6. The molecule has 1 saturated carbocycles. The molecular weight excluding hydrogens is 462 g/mol. The molecule has 0 heterocycles. The zero-order chi connectivity index (χ0) is 25.8. The summed E-state index contributed by atoms with van der Waals surface area (Å²) in [7, 11) is -3.74. The van der Waals surface area contributed by atoms with Gasteiger partial charge in [-0.1, -0.05) is 48.7 Å². The molecule has 1 N–H and O–H groups in total. The maximum Gasteiger partial charge on any atom is 0.244 e. The van der Waals surface area contributed by atoms with E-state index in [1.54, 1.807) is 19.1 Å². The topological polar surface area (TPSA) is 86.8 Å². The molecule has 0 unspecified atom stereocenters. The number of benzene rings is 2. The first-order valence-corrected chi connectivity index (χ1v) is 14.0. The van der Waals surface area contributed by atoms with Crippen LogP contribution in [-0.4, -0.2) is 50.0 Å². The van der Waals surface area contributed by atoms with E-state index in [1.165, 1.54) is 4.90 Å². The number of anilines is 1. The molecule has 1 fully saturated rings. The van der Waals surface area contributed by atoms with Gasteiger partial charge in [-0.25, -0.2) is 8.42 Å². The Labute approximate surface area is 209 Å². The summed E-state index contributed by atoms with van der Waals surface area (Å²) in [6.45, 7) is 7.30. The van der Waals surface area contributed by atoms with Crippen molar-refractivity contribution in [3.63, 3.8) is 0 Å². The molecule has 0 spiro atoms. The molecule has 0 bridgehead atoms. The van der Waals surface area contributed by atoms with Gasteiger partial charge in [0, 0.05) is 12.6 Å². The SMILES string of the molecule is Cc1ccc(CN(C(=O)CN(c2cc(C)cc(C)c2)S(C)(=O)=O)[C@H](C)C(=O)NC2CCCC2)cc1. The van der Waals surface area contributed by atoms with Gasteiger partial charge < -0.3 is 10.2 Å². The van der Waals surface area contributed by atoms with Gasteiger partial charge in [-0.2, -0.15) is 0 Å². The first-order valence-electron chi connectivity index (χ1n) is 12.2.